The Balaban J connectivity index is 2.19. The second kappa shape index (κ2) is 3.16. The molecule has 0 amide bonds. The van der Waals surface area contributed by atoms with Gasteiger partial charge in [-0.3, -0.25) is 0 Å². The monoisotopic (exact) mass is 165 g/mol. The lowest BCUT2D eigenvalue weighted by molar-refractivity contribution is 0.101. The lowest BCUT2D eigenvalue weighted by Crippen LogP contribution is -2.24. The predicted molar refractivity (Wildman–Crippen MR) is 43.3 cm³/mol. The third-order valence-corrected chi connectivity index (χ3v) is 2.03. The summed E-state index contributed by atoms with van der Waals surface area (Å²) in [7, 11) is 0. The van der Waals surface area contributed by atoms with Crippen molar-refractivity contribution in [2.75, 3.05) is 6.61 Å². The van der Waals surface area contributed by atoms with Crippen LogP contribution in [0.2, 0.25) is 0 Å². The Bertz CT molecular complexity index is 252. The van der Waals surface area contributed by atoms with Crippen molar-refractivity contribution in [3.05, 3.63) is 24.3 Å². The first-order valence-electron chi connectivity index (χ1n) is 4.01. The zero-order valence-corrected chi connectivity index (χ0v) is 6.68. The Labute approximate surface area is 70.8 Å². The largest absolute Gasteiger partial charge is 0.370 e. The highest BCUT2D eigenvalue weighted by molar-refractivity contribution is 5.06. The first kappa shape index (κ1) is 7.64. The van der Waals surface area contributed by atoms with Gasteiger partial charge in [0.15, 0.2) is 0 Å². The van der Waals surface area contributed by atoms with Gasteiger partial charge in [0.05, 0.1) is 5.69 Å². The van der Waals surface area contributed by atoms with Crippen LogP contribution >= 0.6 is 0 Å². The summed E-state index contributed by atoms with van der Waals surface area (Å²) in [5.41, 5.74) is 6.71. The summed E-state index contributed by atoms with van der Waals surface area (Å²) in [4.78, 5) is 7.93. The van der Waals surface area contributed by atoms with Gasteiger partial charge in [0, 0.05) is 18.8 Å². The Morgan fingerprint density at radius 1 is 1.58 bits per heavy atom. The molecule has 1 aromatic heterocycles. The third-order valence-electron chi connectivity index (χ3n) is 2.03. The van der Waals surface area contributed by atoms with Crippen LogP contribution in [0.1, 0.15) is 18.2 Å². The minimum absolute atomic E-state index is 0.0343. The molecule has 1 saturated heterocycles. The molecule has 0 saturated carbocycles. The van der Waals surface area contributed by atoms with Gasteiger partial charge in [-0.1, -0.05) is 0 Å². The fourth-order valence-electron chi connectivity index (χ4n) is 1.38. The minimum Gasteiger partial charge on any atom is -0.370 e. The molecular formula is C8H11N3O. The molecule has 1 aromatic rings. The van der Waals surface area contributed by atoms with E-state index in [1.165, 1.54) is 6.33 Å². The fourth-order valence-corrected chi connectivity index (χ4v) is 1.38. The summed E-state index contributed by atoms with van der Waals surface area (Å²) in [5.74, 6) is 0. The van der Waals surface area contributed by atoms with E-state index in [4.69, 9.17) is 10.5 Å². The number of nitrogens with zero attached hydrogens (tertiary/aromatic N) is 2. The smallest absolute Gasteiger partial charge is 0.115 e. The van der Waals surface area contributed by atoms with Crippen molar-refractivity contribution in [3.63, 3.8) is 0 Å². The highest BCUT2D eigenvalue weighted by atomic mass is 16.5. The molecule has 1 fully saturated rings. The predicted octanol–water partition coefficient (Wildman–Crippen LogP) is 0.265. The topological polar surface area (TPSA) is 61.0 Å². The molecule has 0 aromatic carbocycles. The SMILES string of the molecule is NC1CCOC1c1ccncn1. The van der Waals surface area contributed by atoms with E-state index in [1.807, 2.05) is 6.07 Å². The fraction of sp³-hybridized carbons (Fsp3) is 0.500. The molecule has 0 aliphatic carbocycles. The maximum Gasteiger partial charge on any atom is 0.115 e. The maximum atomic E-state index is 5.83. The van der Waals surface area contributed by atoms with Gasteiger partial charge >= 0.3 is 0 Å². The van der Waals surface area contributed by atoms with Crippen LogP contribution in [0.5, 0.6) is 0 Å². The Morgan fingerprint density at radius 2 is 2.50 bits per heavy atom. The zero-order chi connectivity index (χ0) is 8.39. The first-order chi connectivity index (χ1) is 5.88. The number of rotatable bonds is 1. The van der Waals surface area contributed by atoms with Gasteiger partial charge in [0.25, 0.3) is 0 Å². The van der Waals surface area contributed by atoms with Crippen molar-refractivity contribution in [3.8, 4) is 0 Å². The van der Waals surface area contributed by atoms with Crippen LogP contribution in [0, 0.1) is 0 Å². The molecule has 0 bridgehead atoms. The van der Waals surface area contributed by atoms with Crippen molar-refractivity contribution in [1.29, 1.82) is 0 Å². The van der Waals surface area contributed by atoms with Gasteiger partial charge in [-0.05, 0) is 12.5 Å². The van der Waals surface area contributed by atoms with Crippen molar-refractivity contribution in [2.45, 2.75) is 18.6 Å². The Kier molecular flexibility index (Phi) is 2.01. The quantitative estimate of drug-likeness (QED) is 0.648. The molecule has 2 N–H and O–H groups in total. The normalized spacial score (nSPS) is 29.1. The lowest BCUT2D eigenvalue weighted by Gasteiger charge is -2.12. The zero-order valence-electron chi connectivity index (χ0n) is 6.68. The van der Waals surface area contributed by atoms with Crippen LogP contribution in [0.4, 0.5) is 0 Å². The molecule has 2 rings (SSSR count). The van der Waals surface area contributed by atoms with Gasteiger partial charge in [0.2, 0.25) is 0 Å². The van der Waals surface area contributed by atoms with E-state index in [0.29, 0.717) is 0 Å². The molecule has 64 valence electrons. The summed E-state index contributed by atoms with van der Waals surface area (Å²) in [6.45, 7) is 0.732. The summed E-state index contributed by atoms with van der Waals surface area (Å²) >= 11 is 0. The van der Waals surface area contributed by atoms with Gasteiger partial charge in [-0.2, -0.15) is 0 Å². The molecule has 12 heavy (non-hydrogen) atoms. The molecule has 2 unspecified atom stereocenters. The van der Waals surface area contributed by atoms with E-state index < -0.39 is 0 Å². The average molecular weight is 165 g/mol. The van der Waals surface area contributed by atoms with E-state index >= 15 is 0 Å². The summed E-state index contributed by atoms with van der Waals surface area (Å²) in [6, 6.07) is 1.93. The Hall–Kier alpha value is -1.00. The highest BCUT2D eigenvalue weighted by Crippen LogP contribution is 2.25. The van der Waals surface area contributed by atoms with Gasteiger partial charge in [0.1, 0.15) is 12.4 Å². The average Bonchev–Trinajstić information content (AvgIpc) is 2.53. The molecule has 4 nitrogen and oxygen atoms in total. The molecule has 1 aliphatic rings. The van der Waals surface area contributed by atoms with E-state index in [1.54, 1.807) is 6.20 Å². The van der Waals surface area contributed by atoms with E-state index in [-0.39, 0.29) is 12.1 Å². The van der Waals surface area contributed by atoms with Crippen molar-refractivity contribution in [1.82, 2.24) is 9.97 Å². The van der Waals surface area contributed by atoms with Crippen LogP contribution in [-0.4, -0.2) is 22.6 Å². The van der Waals surface area contributed by atoms with E-state index in [0.717, 1.165) is 18.7 Å². The molecule has 4 heteroatoms. The van der Waals surface area contributed by atoms with Crippen LogP contribution in [0.25, 0.3) is 0 Å². The molecule has 0 radical (unpaired) electrons. The molecular weight excluding hydrogens is 154 g/mol. The molecule has 2 atom stereocenters. The number of ether oxygens (including phenoxy) is 1. The maximum absolute atomic E-state index is 5.83. The van der Waals surface area contributed by atoms with Crippen LogP contribution in [-0.2, 0) is 4.74 Å². The number of hydrogen-bond acceptors (Lipinski definition) is 4. The second-order valence-electron chi connectivity index (χ2n) is 2.88. The first-order valence-corrected chi connectivity index (χ1v) is 4.01. The third kappa shape index (κ3) is 1.31. The van der Waals surface area contributed by atoms with Crippen LogP contribution in [0.3, 0.4) is 0 Å². The second-order valence-corrected chi connectivity index (χ2v) is 2.88. The molecule has 0 spiro atoms. The minimum atomic E-state index is -0.0343. The van der Waals surface area contributed by atoms with Crippen LogP contribution < -0.4 is 5.73 Å². The van der Waals surface area contributed by atoms with E-state index in [2.05, 4.69) is 9.97 Å². The number of hydrogen-bond donors (Lipinski definition) is 1. The van der Waals surface area contributed by atoms with Gasteiger partial charge in [-0.15, -0.1) is 0 Å². The number of aromatic nitrogens is 2. The van der Waals surface area contributed by atoms with Gasteiger partial charge < -0.3 is 10.5 Å². The summed E-state index contributed by atoms with van der Waals surface area (Å²) in [6.07, 6.45) is 4.10. The van der Waals surface area contributed by atoms with Crippen molar-refractivity contribution >= 4 is 0 Å². The lowest BCUT2D eigenvalue weighted by atomic mass is 10.1. The van der Waals surface area contributed by atoms with Crippen molar-refractivity contribution in [2.24, 2.45) is 5.73 Å². The van der Waals surface area contributed by atoms with E-state index in [9.17, 15) is 0 Å². The standard InChI is InChI=1S/C8H11N3O/c9-6-2-4-12-8(6)7-1-3-10-5-11-7/h1,3,5-6,8H,2,4,9H2. The van der Waals surface area contributed by atoms with Gasteiger partial charge in [-0.25, -0.2) is 9.97 Å². The highest BCUT2D eigenvalue weighted by Gasteiger charge is 2.27. The number of nitrogens with two attached hydrogens (primary N) is 1. The molecule has 2 heterocycles. The Morgan fingerprint density at radius 3 is 3.08 bits per heavy atom. The van der Waals surface area contributed by atoms with Crippen LogP contribution in [0.15, 0.2) is 18.6 Å². The molecule has 1 aliphatic heterocycles. The summed E-state index contributed by atoms with van der Waals surface area (Å²) < 4.78 is 5.44. The summed E-state index contributed by atoms with van der Waals surface area (Å²) in [5, 5.41) is 0. The van der Waals surface area contributed by atoms with Crippen molar-refractivity contribution < 1.29 is 4.74 Å².